The maximum atomic E-state index is 14.1. The Kier molecular flexibility index (Phi) is 8.68. The quantitative estimate of drug-likeness (QED) is 0.199. The second-order valence-electron chi connectivity index (χ2n) is 8.94. The molecule has 0 saturated carbocycles. The summed E-state index contributed by atoms with van der Waals surface area (Å²) in [5.74, 6) is 0.338. The third kappa shape index (κ3) is 5.57. The van der Waals surface area contributed by atoms with E-state index >= 15 is 0 Å². The molecule has 7 nitrogen and oxygen atoms in total. The molecule has 4 aromatic rings. The van der Waals surface area contributed by atoms with Crippen LogP contribution < -0.4 is 24.4 Å². The number of hydrogen-bond donors (Lipinski definition) is 0. The summed E-state index contributed by atoms with van der Waals surface area (Å²) in [6, 6.07) is 20.0. The number of thiazole rings is 1. The summed E-state index contributed by atoms with van der Waals surface area (Å²) in [7, 11) is 3.04. The fourth-order valence-corrected chi connectivity index (χ4v) is 6.42. The highest BCUT2D eigenvalue weighted by Gasteiger charge is 2.35. The van der Waals surface area contributed by atoms with Gasteiger partial charge in [-0.1, -0.05) is 65.4 Å². The van der Waals surface area contributed by atoms with Gasteiger partial charge in [0.1, 0.15) is 0 Å². The number of rotatable bonds is 8. The van der Waals surface area contributed by atoms with E-state index in [2.05, 4.69) is 0 Å². The van der Waals surface area contributed by atoms with Gasteiger partial charge in [-0.05, 0) is 54.6 Å². The van der Waals surface area contributed by atoms with E-state index in [-0.39, 0.29) is 12.2 Å². The van der Waals surface area contributed by atoms with Gasteiger partial charge >= 0.3 is 5.97 Å². The first-order chi connectivity index (χ1) is 19.9. The van der Waals surface area contributed by atoms with Crippen LogP contribution >= 0.6 is 34.7 Å². The molecule has 1 atom stereocenters. The number of aromatic nitrogens is 1. The third-order valence-corrected chi connectivity index (χ3v) is 8.57. The highest BCUT2D eigenvalue weighted by atomic mass is 35.5. The summed E-state index contributed by atoms with van der Waals surface area (Å²) >= 11 is 9.29. The molecule has 0 radical (unpaired) electrons. The van der Waals surface area contributed by atoms with Crippen LogP contribution in [0.2, 0.25) is 5.02 Å². The highest BCUT2D eigenvalue weighted by Crippen LogP contribution is 2.37. The lowest BCUT2D eigenvalue weighted by molar-refractivity contribution is -0.138. The van der Waals surface area contributed by atoms with E-state index in [0.29, 0.717) is 42.7 Å². The van der Waals surface area contributed by atoms with Crippen molar-refractivity contribution in [2.45, 2.75) is 17.9 Å². The summed E-state index contributed by atoms with van der Waals surface area (Å²) in [5, 5.41) is 0.355. The first kappa shape index (κ1) is 28.7. The molecule has 0 unspecified atom stereocenters. The van der Waals surface area contributed by atoms with Crippen LogP contribution in [0.3, 0.4) is 0 Å². The Morgan fingerprint density at radius 1 is 1.10 bits per heavy atom. The van der Waals surface area contributed by atoms with Crippen molar-refractivity contribution < 1.29 is 19.0 Å². The summed E-state index contributed by atoms with van der Waals surface area (Å²) < 4.78 is 18.3. The zero-order chi connectivity index (χ0) is 29.1. The SMILES string of the molecule is CCOC(=O)C1=C(c2ccccc2)N=c2s/c(=C\c3cc(Cl)c(OC)c(OC)c3)c(=O)n2[C@H]1c1ccc(SC)cc1. The lowest BCUT2D eigenvalue weighted by Gasteiger charge is -2.26. The number of fused-ring (bicyclic) bond motifs is 1. The molecular weight excluding hydrogens is 580 g/mol. The molecule has 0 fully saturated rings. The molecule has 210 valence electrons. The Morgan fingerprint density at radius 3 is 2.46 bits per heavy atom. The molecule has 0 amide bonds. The number of halogens is 1. The maximum absolute atomic E-state index is 14.1. The average Bonchev–Trinajstić information content (AvgIpc) is 3.30. The van der Waals surface area contributed by atoms with Crippen molar-refractivity contribution >= 4 is 52.4 Å². The fraction of sp³-hybridized carbons (Fsp3) is 0.194. The van der Waals surface area contributed by atoms with Crippen molar-refractivity contribution in [3.8, 4) is 11.5 Å². The Morgan fingerprint density at radius 2 is 1.83 bits per heavy atom. The van der Waals surface area contributed by atoms with E-state index in [4.69, 9.17) is 30.8 Å². The summed E-state index contributed by atoms with van der Waals surface area (Å²) in [6.07, 6.45) is 3.73. The molecule has 5 rings (SSSR count). The molecule has 2 heterocycles. The molecule has 1 aliphatic heterocycles. The van der Waals surface area contributed by atoms with Crippen LogP contribution in [0, 0.1) is 0 Å². The molecule has 0 aliphatic carbocycles. The van der Waals surface area contributed by atoms with E-state index in [9.17, 15) is 9.59 Å². The van der Waals surface area contributed by atoms with E-state index < -0.39 is 12.0 Å². The Labute approximate surface area is 250 Å². The van der Waals surface area contributed by atoms with Crippen LogP contribution in [-0.4, -0.2) is 37.6 Å². The molecular formula is C31H27ClN2O5S2. The second kappa shape index (κ2) is 12.4. The highest BCUT2D eigenvalue weighted by molar-refractivity contribution is 7.98. The van der Waals surface area contributed by atoms with Crippen LogP contribution in [0.4, 0.5) is 0 Å². The van der Waals surface area contributed by atoms with Gasteiger partial charge in [0.15, 0.2) is 16.3 Å². The number of carbonyl (C=O) groups excluding carboxylic acids is 1. The monoisotopic (exact) mass is 606 g/mol. The van der Waals surface area contributed by atoms with Crippen LogP contribution in [0.1, 0.15) is 29.7 Å². The van der Waals surface area contributed by atoms with Gasteiger partial charge in [-0.3, -0.25) is 9.36 Å². The predicted octanol–water partition coefficient (Wildman–Crippen LogP) is 5.33. The molecule has 1 aliphatic rings. The van der Waals surface area contributed by atoms with Gasteiger partial charge in [-0.2, -0.15) is 0 Å². The minimum atomic E-state index is -0.743. The zero-order valence-corrected chi connectivity index (χ0v) is 25.2. The number of esters is 1. The average molecular weight is 607 g/mol. The zero-order valence-electron chi connectivity index (χ0n) is 22.8. The van der Waals surface area contributed by atoms with E-state index in [1.165, 1.54) is 25.6 Å². The largest absolute Gasteiger partial charge is 0.493 e. The van der Waals surface area contributed by atoms with Crippen molar-refractivity contribution in [1.82, 2.24) is 4.57 Å². The van der Waals surface area contributed by atoms with Gasteiger partial charge in [0.05, 0.1) is 47.7 Å². The minimum Gasteiger partial charge on any atom is -0.493 e. The van der Waals surface area contributed by atoms with Crippen molar-refractivity contribution in [1.29, 1.82) is 0 Å². The summed E-state index contributed by atoms with van der Waals surface area (Å²) in [5.41, 5.74) is 2.69. The van der Waals surface area contributed by atoms with Crippen molar-refractivity contribution in [3.05, 3.63) is 114 Å². The first-order valence-corrected chi connectivity index (χ1v) is 15.2. The first-order valence-electron chi connectivity index (χ1n) is 12.7. The number of thioether (sulfide) groups is 1. The molecule has 0 bridgehead atoms. The Hall–Kier alpha value is -3.79. The number of hydrogen-bond acceptors (Lipinski definition) is 8. The fourth-order valence-electron chi connectivity index (χ4n) is 4.71. The Balaban J connectivity index is 1.80. The van der Waals surface area contributed by atoms with E-state index in [1.807, 2.05) is 60.9 Å². The van der Waals surface area contributed by atoms with Gasteiger partial charge in [0, 0.05) is 10.5 Å². The molecule has 10 heteroatoms. The van der Waals surface area contributed by atoms with Crippen molar-refractivity contribution in [2.75, 3.05) is 27.1 Å². The van der Waals surface area contributed by atoms with Crippen LogP contribution in [0.15, 0.2) is 87.0 Å². The standard InChI is InChI=1S/C31H27ClN2O5S2/c1-5-39-30(36)25-26(19-9-7-6-8-10-19)33-31-34(27(25)20-11-13-21(40-4)14-12-20)29(35)24(41-31)17-18-15-22(32)28(38-3)23(16-18)37-2/h6-17,27H,5H2,1-4H3/b24-17-/t27-/m0/s1. The molecule has 0 spiro atoms. The topological polar surface area (TPSA) is 79.1 Å². The van der Waals surface area contributed by atoms with E-state index in [1.54, 1.807) is 41.5 Å². The van der Waals surface area contributed by atoms with E-state index in [0.717, 1.165) is 16.0 Å². The van der Waals surface area contributed by atoms with Crippen molar-refractivity contribution in [3.63, 3.8) is 0 Å². The van der Waals surface area contributed by atoms with Gasteiger partial charge < -0.3 is 14.2 Å². The molecule has 41 heavy (non-hydrogen) atoms. The molecule has 3 aromatic carbocycles. The van der Waals surface area contributed by atoms with Crippen molar-refractivity contribution in [2.24, 2.45) is 4.99 Å². The van der Waals surface area contributed by atoms with Crippen LogP contribution in [0.5, 0.6) is 11.5 Å². The summed E-state index contributed by atoms with van der Waals surface area (Å²) in [4.78, 5) is 34.1. The third-order valence-electron chi connectivity index (χ3n) is 6.56. The lowest BCUT2D eigenvalue weighted by atomic mass is 9.93. The number of benzene rings is 3. The predicted molar refractivity (Wildman–Crippen MR) is 164 cm³/mol. The molecule has 0 saturated heterocycles. The molecule has 0 N–H and O–H groups in total. The van der Waals surface area contributed by atoms with Crippen LogP contribution in [-0.2, 0) is 9.53 Å². The van der Waals surface area contributed by atoms with Gasteiger partial charge in [-0.15, -0.1) is 11.8 Å². The number of ether oxygens (including phenoxy) is 3. The maximum Gasteiger partial charge on any atom is 0.338 e. The number of carbonyl (C=O) groups is 1. The number of methoxy groups -OCH3 is 2. The van der Waals surface area contributed by atoms with Gasteiger partial charge in [0.2, 0.25) is 0 Å². The lowest BCUT2D eigenvalue weighted by Crippen LogP contribution is -2.40. The van der Waals surface area contributed by atoms with Gasteiger partial charge in [0.25, 0.3) is 5.56 Å². The van der Waals surface area contributed by atoms with Crippen LogP contribution in [0.25, 0.3) is 11.8 Å². The number of nitrogens with zero attached hydrogens (tertiary/aromatic N) is 2. The molecule has 1 aromatic heterocycles. The smallest absolute Gasteiger partial charge is 0.338 e. The Bertz CT molecular complexity index is 1810. The normalized spacial score (nSPS) is 14.9. The second-order valence-corrected chi connectivity index (χ2v) is 11.2. The van der Waals surface area contributed by atoms with Gasteiger partial charge in [-0.25, -0.2) is 9.79 Å². The minimum absolute atomic E-state index is 0.188. The summed E-state index contributed by atoms with van der Waals surface area (Å²) in [6.45, 7) is 1.94.